The lowest BCUT2D eigenvalue weighted by Gasteiger charge is -2.36. The molecule has 4 aliphatic carbocycles. The molecule has 0 amide bonds. The van der Waals surface area contributed by atoms with Crippen molar-refractivity contribution in [2.75, 3.05) is 0 Å². The van der Waals surface area contributed by atoms with Crippen LogP contribution in [0.5, 0.6) is 0 Å². The van der Waals surface area contributed by atoms with Gasteiger partial charge in [0.25, 0.3) is 0 Å². The van der Waals surface area contributed by atoms with Gasteiger partial charge in [0.1, 0.15) is 0 Å². The minimum absolute atomic E-state index is 0.903. The van der Waals surface area contributed by atoms with Crippen LogP contribution in [0.25, 0.3) is 0 Å². The zero-order valence-electron chi connectivity index (χ0n) is 7.64. The number of fused-ring (bicyclic) bond motifs is 2. The van der Waals surface area contributed by atoms with Crippen LogP contribution in [0.1, 0.15) is 39.5 Å². The van der Waals surface area contributed by atoms with Crippen LogP contribution in [-0.2, 0) is 0 Å². The van der Waals surface area contributed by atoms with Crippen molar-refractivity contribution < 1.29 is 0 Å². The van der Waals surface area contributed by atoms with Gasteiger partial charge >= 0.3 is 0 Å². The minimum Gasteiger partial charge on any atom is -0.0622 e. The Morgan fingerprint density at radius 2 is 1.82 bits per heavy atom. The molecular weight excluding hydrogens is 132 g/mol. The third kappa shape index (κ3) is 0.588. The van der Waals surface area contributed by atoms with Gasteiger partial charge in [-0.25, -0.2) is 0 Å². The first-order chi connectivity index (χ1) is 5.24. The first kappa shape index (κ1) is 6.51. The number of hydrogen-bond acceptors (Lipinski definition) is 0. The van der Waals surface area contributed by atoms with Crippen molar-refractivity contribution in [3.8, 4) is 0 Å². The molecular formula is C11H18. The lowest BCUT2D eigenvalue weighted by molar-refractivity contribution is 0.145. The standard InChI is InChI=1S/C11H18/c1-7-3-4-9-5-11(6-9)8(2)10(7)11/h7-10H,3-6H2,1-2H3. The van der Waals surface area contributed by atoms with Gasteiger partial charge in [0, 0.05) is 0 Å². The summed E-state index contributed by atoms with van der Waals surface area (Å²) >= 11 is 0. The van der Waals surface area contributed by atoms with E-state index in [1.165, 1.54) is 6.42 Å². The number of hydrogen-bond donors (Lipinski definition) is 0. The molecule has 11 heavy (non-hydrogen) atoms. The predicted octanol–water partition coefficient (Wildman–Crippen LogP) is 3.08. The van der Waals surface area contributed by atoms with Crippen molar-refractivity contribution in [3.63, 3.8) is 0 Å². The maximum atomic E-state index is 2.49. The SMILES string of the molecule is CC1CCC2CC3(C2)C(C)C13. The van der Waals surface area contributed by atoms with Gasteiger partial charge in [-0.15, -0.1) is 0 Å². The normalized spacial score (nSPS) is 66.0. The smallest absolute Gasteiger partial charge is 0.0230 e. The zero-order valence-corrected chi connectivity index (χ0v) is 7.64. The topological polar surface area (TPSA) is 0 Å². The highest BCUT2D eigenvalue weighted by atomic mass is 14.7. The fourth-order valence-corrected chi connectivity index (χ4v) is 4.34. The van der Waals surface area contributed by atoms with E-state index in [-0.39, 0.29) is 0 Å². The Hall–Kier alpha value is 0. The second-order valence-corrected chi connectivity index (χ2v) is 5.38. The van der Waals surface area contributed by atoms with Gasteiger partial charge in [-0.2, -0.15) is 0 Å². The molecule has 4 aliphatic rings. The molecule has 1 spiro atoms. The van der Waals surface area contributed by atoms with Crippen LogP contribution in [0.4, 0.5) is 0 Å². The Bertz CT molecular complexity index is 188. The monoisotopic (exact) mass is 150 g/mol. The quantitative estimate of drug-likeness (QED) is 0.498. The Balaban J connectivity index is 1.90. The molecule has 62 valence electrons. The predicted molar refractivity (Wildman–Crippen MR) is 46.2 cm³/mol. The molecule has 3 unspecified atom stereocenters. The Kier molecular flexibility index (Phi) is 0.990. The van der Waals surface area contributed by atoms with Crippen molar-refractivity contribution in [2.45, 2.75) is 39.5 Å². The van der Waals surface area contributed by atoms with E-state index in [4.69, 9.17) is 0 Å². The van der Waals surface area contributed by atoms with Gasteiger partial charge in [0.15, 0.2) is 0 Å². The molecule has 0 heterocycles. The van der Waals surface area contributed by atoms with Crippen molar-refractivity contribution in [1.29, 1.82) is 0 Å². The first-order valence-electron chi connectivity index (χ1n) is 5.24. The van der Waals surface area contributed by atoms with Gasteiger partial charge in [0.05, 0.1) is 0 Å². The number of rotatable bonds is 0. The van der Waals surface area contributed by atoms with E-state index in [0.717, 1.165) is 29.1 Å². The summed E-state index contributed by atoms with van der Waals surface area (Å²) in [6, 6.07) is 0. The molecule has 2 bridgehead atoms. The second kappa shape index (κ2) is 1.67. The third-order valence-electron chi connectivity index (χ3n) is 4.98. The van der Waals surface area contributed by atoms with Crippen molar-refractivity contribution in [3.05, 3.63) is 0 Å². The highest BCUT2D eigenvalue weighted by molar-refractivity contribution is 5.18. The second-order valence-electron chi connectivity index (χ2n) is 5.38. The van der Waals surface area contributed by atoms with E-state index in [9.17, 15) is 0 Å². The fraction of sp³-hybridized carbons (Fsp3) is 1.00. The van der Waals surface area contributed by atoms with E-state index >= 15 is 0 Å². The molecule has 0 aliphatic heterocycles. The molecule has 0 heteroatoms. The summed E-state index contributed by atoms with van der Waals surface area (Å²) in [6.45, 7) is 4.97. The maximum absolute atomic E-state index is 2.49. The summed E-state index contributed by atoms with van der Waals surface area (Å²) < 4.78 is 0. The van der Waals surface area contributed by atoms with Crippen LogP contribution in [-0.4, -0.2) is 0 Å². The third-order valence-corrected chi connectivity index (χ3v) is 4.98. The van der Waals surface area contributed by atoms with E-state index in [0.29, 0.717) is 0 Å². The largest absolute Gasteiger partial charge is 0.0622 e. The highest BCUT2D eigenvalue weighted by Gasteiger charge is 2.69. The Morgan fingerprint density at radius 1 is 1.09 bits per heavy atom. The molecule has 0 aromatic carbocycles. The van der Waals surface area contributed by atoms with Crippen LogP contribution in [0, 0.1) is 29.1 Å². The molecule has 0 aromatic rings. The molecule has 4 saturated carbocycles. The van der Waals surface area contributed by atoms with E-state index in [1.807, 2.05) is 0 Å². The molecule has 0 aromatic heterocycles. The highest BCUT2D eigenvalue weighted by Crippen LogP contribution is 2.76. The fourth-order valence-electron chi connectivity index (χ4n) is 4.34. The van der Waals surface area contributed by atoms with E-state index in [2.05, 4.69) is 13.8 Å². The van der Waals surface area contributed by atoms with Gasteiger partial charge < -0.3 is 0 Å². The maximum Gasteiger partial charge on any atom is -0.0230 e. The molecule has 4 fully saturated rings. The van der Waals surface area contributed by atoms with Crippen molar-refractivity contribution >= 4 is 0 Å². The van der Waals surface area contributed by atoms with Crippen LogP contribution >= 0.6 is 0 Å². The van der Waals surface area contributed by atoms with Gasteiger partial charge in [-0.3, -0.25) is 0 Å². The van der Waals surface area contributed by atoms with Crippen LogP contribution in [0.3, 0.4) is 0 Å². The van der Waals surface area contributed by atoms with Crippen LogP contribution in [0.15, 0.2) is 0 Å². The first-order valence-corrected chi connectivity index (χ1v) is 5.24. The minimum atomic E-state index is 0.903. The summed E-state index contributed by atoms with van der Waals surface area (Å²) in [5.74, 6) is 4.43. The van der Waals surface area contributed by atoms with Gasteiger partial charge in [0.2, 0.25) is 0 Å². The molecule has 0 radical (unpaired) electrons. The average molecular weight is 150 g/mol. The Labute approximate surface area is 69.4 Å². The molecule has 3 atom stereocenters. The summed E-state index contributed by atoms with van der Waals surface area (Å²) in [5, 5.41) is 0. The van der Waals surface area contributed by atoms with Crippen LogP contribution in [0.2, 0.25) is 0 Å². The van der Waals surface area contributed by atoms with Crippen molar-refractivity contribution in [1.82, 2.24) is 0 Å². The lowest BCUT2D eigenvalue weighted by Crippen LogP contribution is -2.26. The zero-order chi connectivity index (χ0) is 7.64. The molecule has 4 rings (SSSR count). The van der Waals surface area contributed by atoms with E-state index < -0.39 is 0 Å². The molecule has 0 nitrogen and oxygen atoms in total. The molecule has 0 saturated heterocycles. The Morgan fingerprint density at radius 3 is 2.55 bits per heavy atom. The van der Waals surface area contributed by atoms with Gasteiger partial charge in [-0.05, 0) is 41.9 Å². The van der Waals surface area contributed by atoms with E-state index in [1.54, 1.807) is 19.3 Å². The lowest BCUT2D eigenvalue weighted by atomic mass is 9.69. The molecule has 0 N–H and O–H groups in total. The summed E-state index contributed by atoms with van der Waals surface area (Å²) in [5.41, 5.74) is 0.903. The van der Waals surface area contributed by atoms with Crippen LogP contribution < -0.4 is 0 Å². The van der Waals surface area contributed by atoms with Gasteiger partial charge in [-0.1, -0.05) is 26.7 Å². The average Bonchev–Trinajstić information content (AvgIpc) is 2.53. The summed E-state index contributed by atoms with van der Waals surface area (Å²) in [7, 11) is 0. The van der Waals surface area contributed by atoms with Crippen molar-refractivity contribution in [2.24, 2.45) is 29.1 Å². The summed E-state index contributed by atoms with van der Waals surface area (Å²) in [4.78, 5) is 0. The summed E-state index contributed by atoms with van der Waals surface area (Å²) in [6.07, 6.45) is 6.28.